The topological polar surface area (TPSA) is 88.8 Å². The summed E-state index contributed by atoms with van der Waals surface area (Å²) in [4.78, 5) is 24.6. The van der Waals surface area contributed by atoms with Crippen molar-refractivity contribution in [1.29, 1.82) is 5.26 Å². The van der Waals surface area contributed by atoms with E-state index in [0.717, 1.165) is 25.7 Å². The molecular weight excluding hydrogens is 300 g/mol. The summed E-state index contributed by atoms with van der Waals surface area (Å²) in [5.74, 6) is -0.686. The minimum atomic E-state index is -0.474. The van der Waals surface area contributed by atoms with Gasteiger partial charge in [0.25, 0.3) is 0 Å². The number of aromatic nitrogens is 3. The fourth-order valence-corrected chi connectivity index (χ4v) is 3.23. The average Bonchev–Trinajstić information content (AvgIpc) is 3.06. The molecule has 7 heteroatoms. The largest absolute Gasteiger partial charge is 0.456 e. The molecule has 0 radical (unpaired) electrons. The van der Waals surface area contributed by atoms with Gasteiger partial charge in [0.15, 0.2) is 5.69 Å². The van der Waals surface area contributed by atoms with Gasteiger partial charge in [0.05, 0.1) is 18.2 Å². The van der Waals surface area contributed by atoms with Crippen LogP contribution >= 0.6 is 11.3 Å². The molecule has 6 nitrogen and oxygen atoms in total. The van der Waals surface area contributed by atoms with Crippen molar-refractivity contribution in [2.45, 2.75) is 31.8 Å². The molecule has 0 bridgehead atoms. The van der Waals surface area contributed by atoms with E-state index in [-0.39, 0.29) is 17.7 Å². The number of hydrogen-bond donors (Lipinski definition) is 0. The van der Waals surface area contributed by atoms with E-state index in [0.29, 0.717) is 10.7 Å². The maximum absolute atomic E-state index is 12.2. The van der Waals surface area contributed by atoms with Crippen LogP contribution in [0, 0.1) is 17.2 Å². The Morgan fingerprint density at radius 1 is 1.36 bits per heavy atom. The van der Waals surface area contributed by atoms with Gasteiger partial charge in [-0.2, -0.15) is 5.26 Å². The normalized spacial score (nSPS) is 21.0. The second-order valence-corrected chi connectivity index (χ2v) is 5.95. The second-order valence-electron chi connectivity index (χ2n) is 5.09. The molecule has 0 N–H and O–H groups in total. The first-order chi connectivity index (χ1) is 10.8. The maximum atomic E-state index is 12.2. The zero-order valence-corrected chi connectivity index (χ0v) is 12.6. The van der Waals surface area contributed by atoms with Gasteiger partial charge >= 0.3 is 5.97 Å². The van der Waals surface area contributed by atoms with Crippen LogP contribution in [-0.2, 0) is 4.74 Å². The summed E-state index contributed by atoms with van der Waals surface area (Å²) in [5.41, 5.74) is 0.882. The first kappa shape index (κ1) is 14.6. The zero-order chi connectivity index (χ0) is 15.4. The highest BCUT2D eigenvalue weighted by Gasteiger charge is 2.29. The molecule has 1 saturated carbocycles. The van der Waals surface area contributed by atoms with Crippen molar-refractivity contribution in [1.82, 2.24) is 15.0 Å². The van der Waals surface area contributed by atoms with Crippen molar-refractivity contribution < 1.29 is 9.53 Å². The summed E-state index contributed by atoms with van der Waals surface area (Å²) in [5, 5.41) is 11.4. The zero-order valence-electron chi connectivity index (χ0n) is 11.8. The van der Waals surface area contributed by atoms with E-state index in [1.54, 1.807) is 24.0 Å². The highest BCUT2D eigenvalue weighted by atomic mass is 32.1. The summed E-state index contributed by atoms with van der Waals surface area (Å²) in [7, 11) is 0. The van der Waals surface area contributed by atoms with Gasteiger partial charge in [-0.1, -0.05) is 6.42 Å². The summed E-state index contributed by atoms with van der Waals surface area (Å²) in [6.07, 6.45) is 7.96. The molecule has 1 fully saturated rings. The molecule has 0 aliphatic heterocycles. The van der Waals surface area contributed by atoms with Gasteiger partial charge in [-0.3, -0.25) is 9.97 Å². The quantitative estimate of drug-likeness (QED) is 0.809. The molecule has 0 amide bonds. The number of carbonyl (C=O) groups excluding carboxylic acids is 1. The molecule has 2 aromatic heterocycles. The highest BCUT2D eigenvalue weighted by Crippen LogP contribution is 2.28. The fourth-order valence-electron chi connectivity index (χ4n) is 2.48. The van der Waals surface area contributed by atoms with E-state index in [1.165, 1.54) is 11.3 Å². The Morgan fingerprint density at radius 2 is 2.23 bits per heavy atom. The third-order valence-corrected chi connectivity index (χ3v) is 4.49. The lowest BCUT2D eigenvalue weighted by Gasteiger charge is -2.26. The van der Waals surface area contributed by atoms with Crippen molar-refractivity contribution in [2.24, 2.45) is 5.92 Å². The number of esters is 1. The average molecular weight is 314 g/mol. The minimum Gasteiger partial charge on any atom is -0.456 e. The van der Waals surface area contributed by atoms with E-state index >= 15 is 0 Å². The van der Waals surface area contributed by atoms with Crippen molar-refractivity contribution in [2.75, 3.05) is 0 Å². The molecule has 22 heavy (non-hydrogen) atoms. The van der Waals surface area contributed by atoms with Gasteiger partial charge in [-0.15, -0.1) is 11.3 Å². The number of rotatable bonds is 3. The first-order valence-electron chi connectivity index (χ1n) is 7.10. The van der Waals surface area contributed by atoms with Gasteiger partial charge in [0.1, 0.15) is 16.8 Å². The Bertz CT molecular complexity index is 695. The number of ether oxygens (including phenoxy) is 1. The van der Waals surface area contributed by atoms with E-state index in [4.69, 9.17) is 10.00 Å². The first-order valence-corrected chi connectivity index (χ1v) is 7.98. The number of hydrogen-bond acceptors (Lipinski definition) is 7. The summed E-state index contributed by atoms with van der Waals surface area (Å²) in [6.45, 7) is 0. The number of thiazole rings is 1. The van der Waals surface area contributed by atoms with Gasteiger partial charge < -0.3 is 4.74 Å². The number of nitriles is 1. The van der Waals surface area contributed by atoms with Crippen LogP contribution in [0.2, 0.25) is 0 Å². The molecule has 3 rings (SSSR count). The third kappa shape index (κ3) is 3.12. The Balaban J connectivity index is 1.71. The van der Waals surface area contributed by atoms with Crippen LogP contribution in [0.4, 0.5) is 0 Å². The van der Waals surface area contributed by atoms with Gasteiger partial charge in [-0.05, 0) is 19.3 Å². The molecule has 0 spiro atoms. The van der Waals surface area contributed by atoms with Crippen LogP contribution in [0.1, 0.15) is 36.2 Å². The Labute approximate surface area is 131 Å². The molecule has 2 heterocycles. The molecule has 2 aromatic rings. The molecule has 1 aliphatic carbocycles. The standard InChI is InChI=1S/C15H14N4O2S/c16-7-10-3-1-2-4-13(10)21-15(20)12-9-22-14(19-12)11-8-17-5-6-18-11/h5-6,8-10,13H,1-4H2/t10-,13+/m0/s1. The van der Waals surface area contributed by atoms with E-state index in [2.05, 4.69) is 21.0 Å². The van der Waals surface area contributed by atoms with Crippen LogP contribution in [0.15, 0.2) is 24.0 Å². The lowest BCUT2D eigenvalue weighted by Crippen LogP contribution is -2.29. The Morgan fingerprint density at radius 3 is 3.00 bits per heavy atom. The van der Waals surface area contributed by atoms with Gasteiger partial charge in [0.2, 0.25) is 0 Å². The van der Waals surface area contributed by atoms with Crippen LogP contribution in [-0.4, -0.2) is 27.0 Å². The van der Waals surface area contributed by atoms with E-state index in [9.17, 15) is 4.79 Å². The fraction of sp³-hybridized carbons (Fsp3) is 0.400. The third-order valence-electron chi connectivity index (χ3n) is 3.62. The molecule has 0 aromatic carbocycles. The van der Waals surface area contributed by atoms with Gasteiger partial charge in [0, 0.05) is 17.8 Å². The summed E-state index contributed by atoms with van der Waals surface area (Å²) in [6, 6.07) is 2.23. The van der Waals surface area contributed by atoms with Crippen LogP contribution < -0.4 is 0 Å². The van der Waals surface area contributed by atoms with E-state index < -0.39 is 5.97 Å². The molecule has 0 unspecified atom stereocenters. The number of nitrogens with zero attached hydrogens (tertiary/aromatic N) is 4. The monoisotopic (exact) mass is 314 g/mol. The Kier molecular flexibility index (Phi) is 4.39. The van der Waals surface area contributed by atoms with Crippen LogP contribution in [0.25, 0.3) is 10.7 Å². The Hall–Kier alpha value is -2.33. The predicted octanol–water partition coefficient (Wildman–Crippen LogP) is 2.84. The van der Waals surface area contributed by atoms with Crippen LogP contribution in [0.5, 0.6) is 0 Å². The smallest absolute Gasteiger partial charge is 0.358 e. The highest BCUT2D eigenvalue weighted by molar-refractivity contribution is 7.13. The molecular formula is C15H14N4O2S. The molecule has 112 valence electrons. The van der Waals surface area contributed by atoms with Gasteiger partial charge in [-0.25, -0.2) is 9.78 Å². The van der Waals surface area contributed by atoms with Crippen molar-refractivity contribution in [3.8, 4) is 16.8 Å². The predicted molar refractivity (Wildman–Crippen MR) is 79.9 cm³/mol. The molecule has 2 atom stereocenters. The van der Waals surface area contributed by atoms with Crippen LogP contribution in [0.3, 0.4) is 0 Å². The number of carbonyl (C=O) groups is 1. The minimum absolute atomic E-state index is 0.212. The van der Waals surface area contributed by atoms with Crippen molar-refractivity contribution in [3.63, 3.8) is 0 Å². The van der Waals surface area contributed by atoms with Crippen molar-refractivity contribution in [3.05, 3.63) is 29.7 Å². The van der Waals surface area contributed by atoms with E-state index in [1.807, 2.05) is 0 Å². The lowest BCUT2D eigenvalue weighted by atomic mass is 9.87. The SMILES string of the molecule is N#C[C@@H]1CCCC[C@H]1OC(=O)c1csc(-c2cnccn2)n1. The van der Waals surface area contributed by atoms with Crippen molar-refractivity contribution >= 4 is 17.3 Å². The maximum Gasteiger partial charge on any atom is 0.358 e. The lowest BCUT2D eigenvalue weighted by molar-refractivity contribution is 0.0102. The summed E-state index contributed by atoms with van der Waals surface area (Å²) < 4.78 is 5.48. The summed E-state index contributed by atoms with van der Waals surface area (Å²) >= 11 is 1.32. The molecule has 0 saturated heterocycles. The second kappa shape index (κ2) is 6.62. The molecule has 1 aliphatic rings.